The molecule has 0 spiro atoms. The Hall–Kier alpha value is -2.11. The van der Waals surface area contributed by atoms with Crippen LogP contribution in [0.15, 0.2) is 27.6 Å². The van der Waals surface area contributed by atoms with Gasteiger partial charge >= 0.3 is 11.6 Å². The van der Waals surface area contributed by atoms with Gasteiger partial charge in [-0.3, -0.25) is 4.79 Å². The molecule has 0 radical (unpaired) electrons. The quantitative estimate of drug-likeness (QED) is 0.774. The number of hydrogen-bond donors (Lipinski definition) is 0. The maximum Gasteiger partial charge on any atom is 0.335 e. The van der Waals surface area contributed by atoms with E-state index in [9.17, 15) is 14.4 Å². The Morgan fingerprint density at radius 3 is 2.62 bits per heavy atom. The third-order valence-corrected chi connectivity index (χ3v) is 3.14. The monoisotopic (exact) mass is 293 g/mol. The van der Waals surface area contributed by atoms with Gasteiger partial charge in [-0.1, -0.05) is 0 Å². The second-order valence-electron chi connectivity index (χ2n) is 6.03. The molecule has 1 amide bonds. The van der Waals surface area contributed by atoms with Gasteiger partial charge < -0.3 is 14.1 Å². The van der Waals surface area contributed by atoms with Gasteiger partial charge in [0.1, 0.15) is 17.9 Å². The van der Waals surface area contributed by atoms with Crippen molar-refractivity contribution in [2.75, 3.05) is 6.54 Å². The standard InChI is InChI=1S/C15H19NO5/c1-15(2,3)21-14(19)11-5-4-8-16(11)13(18)10-6-7-12(17)20-9-10/h6-7,9,11H,4-5,8H2,1-3H3/t11-/m1/s1. The molecule has 2 rings (SSSR count). The molecule has 0 aromatic carbocycles. The Morgan fingerprint density at radius 1 is 1.33 bits per heavy atom. The SMILES string of the molecule is CC(C)(C)OC(=O)[C@H]1CCCN1C(=O)c1ccc(=O)oc1. The van der Waals surface area contributed by atoms with Crippen LogP contribution < -0.4 is 5.63 Å². The molecule has 1 aliphatic heterocycles. The Balaban J connectivity index is 2.14. The molecule has 21 heavy (non-hydrogen) atoms. The van der Waals surface area contributed by atoms with Crippen LogP contribution in [0.3, 0.4) is 0 Å². The minimum atomic E-state index is -0.589. The maximum absolute atomic E-state index is 12.4. The number of carbonyl (C=O) groups excluding carboxylic acids is 2. The van der Waals surface area contributed by atoms with Crippen LogP contribution >= 0.6 is 0 Å². The van der Waals surface area contributed by atoms with Gasteiger partial charge in [0.05, 0.1) is 5.56 Å². The average Bonchev–Trinajstić information content (AvgIpc) is 2.86. The molecule has 1 aromatic heterocycles. The number of rotatable bonds is 2. The van der Waals surface area contributed by atoms with Crippen LogP contribution in [0.1, 0.15) is 44.0 Å². The highest BCUT2D eigenvalue weighted by molar-refractivity contribution is 5.96. The zero-order chi connectivity index (χ0) is 15.6. The summed E-state index contributed by atoms with van der Waals surface area (Å²) in [6.07, 6.45) is 2.44. The molecule has 114 valence electrons. The topological polar surface area (TPSA) is 76.8 Å². The van der Waals surface area contributed by atoms with E-state index < -0.39 is 23.2 Å². The van der Waals surface area contributed by atoms with Crippen LogP contribution in [0.2, 0.25) is 0 Å². The molecule has 0 N–H and O–H groups in total. The van der Waals surface area contributed by atoms with E-state index in [1.165, 1.54) is 17.0 Å². The van der Waals surface area contributed by atoms with Gasteiger partial charge in [0.25, 0.3) is 5.91 Å². The van der Waals surface area contributed by atoms with Crippen molar-refractivity contribution in [2.45, 2.75) is 45.3 Å². The van der Waals surface area contributed by atoms with Crippen molar-refractivity contribution in [3.63, 3.8) is 0 Å². The van der Waals surface area contributed by atoms with Crippen LogP contribution in [0.5, 0.6) is 0 Å². The molecular weight excluding hydrogens is 274 g/mol. The Labute approximate surface area is 122 Å². The summed E-state index contributed by atoms with van der Waals surface area (Å²) in [5, 5.41) is 0. The summed E-state index contributed by atoms with van der Waals surface area (Å²) in [7, 11) is 0. The van der Waals surface area contributed by atoms with Crippen LogP contribution in [-0.2, 0) is 9.53 Å². The number of amides is 1. The maximum atomic E-state index is 12.4. The molecular formula is C15H19NO5. The Morgan fingerprint density at radius 2 is 2.05 bits per heavy atom. The minimum Gasteiger partial charge on any atom is -0.458 e. The Bertz CT molecular complexity index is 578. The van der Waals surface area contributed by atoms with Crippen LogP contribution in [0.25, 0.3) is 0 Å². The number of nitrogens with zero attached hydrogens (tertiary/aromatic N) is 1. The lowest BCUT2D eigenvalue weighted by Gasteiger charge is -2.27. The summed E-state index contributed by atoms with van der Waals surface area (Å²) in [5.41, 5.74) is -0.852. The number of esters is 1. The first-order valence-corrected chi connectivity index (χ1v) is 6.90. The number of ether oxygens (including phenoxy) is 1. The molecule has 1 aromatic rings. The van der Waals surface area contributed by atoms with E-state index in [4.69, 9.17) is 9.15 Å². The van der Waals surface area contributed by atoms with E-state index in [0.717, 1.165) is 12.7 Å². The largest absolute Gasteiger partial charge is 0.458 e. The third-order valence-electron chi connectivity index (χ3n) is 3.14. The van der Waals surface area contributed by atoms with E-state index >= 15 is 0 Å². The predicted octanol–water partition coefficient (Wildman–Crippen LogP) is 1.59. The number of likely N-dealkylation sites (tertiary alicyclic amines) is 1. The van der Waals surface area contributed by atoms with Gasteiger partial charge in [0.15, 0.2) is 0 Å². The van der Waals surface area contributed by atoms with Gasteiger partial charge in [-0.05, 0) is 39.7 Å². The first-order chi connectivity index (χ1) is 9.78. The molecule has 0 saturated carbocycles. The van der Waals surface area contributed by atoms with Crippen LogP contribution in [-0.4, -0.2) is 35.0 Å². The molecule has 0 aliphatic carbocycles. The zero-order valence-electron chi connectivity index (χ0n) is 12.4. The van der Waals surface area contributed by atoms with Crippen molar-refractivity contribution in [2.24, 2.45) is 0 Å². The fraction of sp³-hybridized carbons (Fsp3) is 0.533. The normalized spacial score (nSPS) is 18.6. The highest BCUT2D eigenvalue weighted by Crippen LogP contribution is 2.23. The highest BCUT2D eigenvalue weighted by atomic mass is 16.6. The molecule has 6 nitrogen and oxygen atoms in total. The fourth-order valence-electron chi connectivity index (χ4n) is 2.27. The summed E-state index contributed by atoms with van der Waals surface area (Å²) in [5.74, 6) is -0.724. The van der Waals surface area contributed by atoms with Crippen molar-refractivity contribution in [3.05, 3.63) is 34.4 Å². The lowest BCUT2D eigenvalue weighted by atomic mass is 10.1. The van der Waals surface area contributed by atoms with E-state index in [0.29, 0.717) is 13.0 Å². The van der Waals surface area contributed by atoms with E-state index in [1.54, 1.807) is 20.8 Å². The second kappa shape index (κ2) is 5.71. The van der Waals surface area contributed by atoms with Crippen molar-refractivity contribution in [1.29, 1.82) is 0 Å². The molecule has 0 bridgehead atoms. The first kappa shape index (κ1) is 15.3. The summed E-state index contributed by atoms with van der Waals surface area (Å²) in [6.45, 7) is 5.86. The van der Waals surface area contributed by atoms with Crippen LogP contribution in [0.4, 0.5) is 0 Å². The average molecular weight is 293 g/mol. The highest BCUT2D eigenvalue weighted by Gasteiger charge is 2.37. The summed E-state index contributed by atoms with van der Waals surface area (Å²) in [4.78, 5) is 37.0. The zero-order valence-corrected chi connectivity index (χ0v) is 12.4. The molecule has 1 aliphatic rings. The van der Waals surface area contributed by atoms with Gasteiger partial charge in [0.2, 0.25) is 0 Å². The second-order valence-corrected chi connectivity index (χ2v) is 6.03. The minimum absolute atomic E-state index is 0.255. The summed E-state index contributed by atoms with van der Waals surface area (Å²) >= 11 is 0. The summed E-state index contributed by atoms with van der Waals surface area (Å²) in [6, 6.07) is 2.01. The molecule has 1 saturated heterocycles. The van der Waals surface area contributed by atoms with Gasteiger partial charge in [0, 0.05) is 12.6 Å². The Kier molecular flexibility index (Phi) is 4.16. The van der Waals surface area contributed by atoms with E-state index in [-0.39, 0.29) is 11.5 Å². The van der Waals surface area contributed by atoms with Gasteiger partial charge in [-0.25, -0.2) is 9.59 Å². The van der Waals surface area contributed by atoms with Crippen molar-refractivity contribution < 1.29 is 18.7 Å². The van der Waals surface area contributed by atoms with E-state index in [2.05, 4.69) is 0 Å². The smallest absolute Gasteiger partial charge is 0.335 e. The predicted molar refractivity (Wildman–Crippen MR) is 74.9 cm³/mol. The van der Waals surface area contributed by atoms with Gasteiger partial charge in [-0.15, -0.1) is 0 Å². The fourth-order valence-corrected chi connectivity index (χ4v) is 2.27. The van der Waals surface area contributed by atoms with Crippen LogP contribution in [0, 0.1) is 0 Å². The van der Waals surface area contributed by atoms with E-state index in [1.807, 2.05) is 0 Å². The lowest BCUT2D eigenvalue weighted by molar-refractivity contribution is -0.159. The third kappa shape index (κ3) is 3.71. The number of hydrogen-bond acceptors (Lipinski definition) is 5. The molecule has 0 unspecified atom stereocenters. The summed E-state index contributed by atoms with van der Waals surface area (Å²) < 4.78 is 10.0. The van der Waals surface area contributed by atoms with Crippen molar-refractivity contribution in [3.8, 4) is 0 Å². The first-order valence-electron chi connectivity index (χ1n) is 6.90. The van der Waals surface area contributed by atoms with Gasteiger partial charge in [-0.2, -0.15) is 0 Å². The molecule has 6 heteroatoms. The number of carbonyl (C=O) groups is 2. The molecule has 2 heterocycles. The molecule has 1 atom stereocenters. The van der Waals surface area contributed by atoms with Crippen molar-refractivity contribution >= 4 is 11.9 Å². The molecule has 1 fully saturated rings. The lowest BCUT2D eigenvalue weighted by Crippen LogP contribution is -2.43. The van der Waals surface area contributed by atoms with Crippen molar-refractivity contribution in [1.82, 2.24) is 4.90 Å².